The third kappa shape index (κ3) is 2.21. The summed E-state index contributed by atoms with van der Waals surface area (Å²) in [5.74, 6) is 0.699. The van der Waals surface area contributed by atoms with E-state index in [4.69, 9.17) is 0 Å². The van der Waals surface area contributed by atoms with Crippen LogP contribution in [0.15, 0.2) is 30.3 Å². The quantitative estimate of drug-likeness (QED) is 0.790. The van der Waals surface area contributed by atoms with Crippen molar-refractivity contribution >= 4 is 0 Å². The topological polar surface area (TPSA) is 40.5 Å². The highest BCUT2D eigenvalue weighted by atomic mass is 16.3. The maximum absolute atomic E-state index is 9.84. The van der Waals surface area contributed by atoms with E-state index < -0.39 is 12.2 Å². The van der Waals surface area contributed by atoms with Crippen molar-refractivity contribution < 1.29 is 10.2 Å². The van der Waals surface area contributed by atoms with Gasteiger partial charge in [0.05, 0.1) is 12.2 Å². The third-order valence-corrected chi connectivity index (χ3v) is 3.32. The molecule has 0 amide bonds. The number of rotatable bonds is 4. The van der Waals surface area contributed by atoms with E-state index in [9.17, 15) is 10.2 Å². The average Bonchev–Trinajstić information content (AvgIpc) is 3.08. The van der Waals surface area contributed by atoms with Gasteiger partial charge in [-0.25, -0.2) is 0 Å². The molecule has 0 radical (unpaired) electrons. The Labute approximate surface area is 90.6 Å². The molecule has 1 aliphatic carbocycles. The highest BCUT2D eigenvalue weighted by Crippen LogP contribution is 2.50. The minimum Gasteiger partial charge on any atom is -0.390 e. The standard InChI is InChI=1S/C13H18O2/c1-2-12(14)13(15)11-8-10(11)9-6-4-3-5-7-9/h3-7,10-15H,2,8H2,1H3. The fourth-order valence-electron chi connectivity index (χ4n) is 2.20. The zero-order valence-electron chi connectivity index (χ0n) is 9.00. The molecule has 2 nitrogen and oxygen atoms in total. The fourth-order valence-corrected chi connectivity index (χ4v) is 2.20. The van der Waals surface area contributed by atoms with E-state index >= 15 is 0 Å². The van der Waals surface area contributed by atoms with E-state index in [0.717, 1.165) is 6.42 Å². The normalized spacial score (nSPS) is 28.5. The number of hydrogen-bond acceptors (Lipinski definition) is 2. The summed E-state index contributed by atoms with van der Waals surface area (Å²) < 4.78 is 0. The molecule has 15 heavy (non-hydrogen) atoms. The van der Waals surface area contributed by atoms with Crippen LogP contribution in [-0.2, 0) is 0 Å². The van der Waals surface area contributed by atoms with Gasteiger partial charge >= 0.3 is 0 Å². The first kappa shape index (κ1) is 10.7. The molecule has 82 valence electrons. The van der Waals surface area contributed by atoms with Gasteiger partial charge in [0.2, 0.25) is 0 Å². The lowest BCUT2D eigenvalue weighted by Gasteiger charge is -2.15. The molecule has 0 heterocycles. The molecule has 2 rings (SSSR count). The molecule has 0 aliphatic heterocycles. The van der Waals surface area contributed by atoms with Gasteiger partial charge in [-0.2, -0.15) is 0 Å². The van der Waals surface area contributed by atoms with Gasteiger partial charge in [-0.15, -0.1) is 0 Å². The van der Waals surface area contributed by atoms with Crippen LogP contribution in [-0.4, -0.2) is 22.4 Å². The number of benzene rings is 1. The molecular formula is C13H18O2. The van der Waals surface area contributed by atoms with Crippen molar-refractivity contribution in [1.29, 1.82) is 0 Å². The SMILES string of the molecule is CCC(O)C(O)C1CC1c1ccccc1. The highest BCUT2D eigenvalue weighted by molar-refractivity contribution is 5.26. The van der Waals surface area contributed by atoms with Crippen molar-refractivity contribution in [1.82, 2.24) is 0 Å². The summed E-state index contributed by atoms with van der Waals surface area (Å²) in [5.41, 5.74) is 1.28. The van der Waals surface area contributed by atoms with Crippen LogP contribution in [0, 0.1) is 5.92 Å². The molecule has 0 spiro atoms. The van der Waals surface area contributed by atoms with Gasteiger partial charge in [0.15, 0.2) is 0 Å². The second kappa shape index (κ2) is 4.33. The van der Waals surface area contributed by atoms with E-state index in [1.807, 2.05) is 25.1 Å². The van der Waals surface area contributed by atoms with Gasteiger partial charge in [-0.05, 0) is 30.2 Å². The Morgan fingerprint density at radius 2 is 1.93 bits per heavy atom. The van der Waals surface area contributed by atoms with Gasteiger partial charge in [0, 0.05) is 0 Å². The number of aliphatic hydroxyl groups is 2. The van der Waals surface area contributed by atoms with Gasteiger partial charge in [0.25, 0.3) is 0 Å². The molecule has 1 aromatic rings. The van der Waals surface area contributed by atoms with E-state index in [1.54, 1.807) is 0 Å². The first-order valence-corrected chi connectivity index (χ1v) is 5.65. The van der Waals surface area contributed by atoms with Crippen molar-refractivity contribution in [2.45, 2.75) is 37.9 Å². The van der Waals surface area contributed by atoms with E-state index in [2.05, 4.69) is 12.1 Å². The van der Waals surface area contributed by atoms with E-state index in [-0.39, 0.29) is 5.92 Å². The van der Waals surface area contributed by atoms with Gasteiger partial charge < -0.3 is 10.2 Å². The second-order valence-electron chi connectivity index (χ2n) is 4.38. The molecule has 1 fully saturated rings. The Morgan fingerprint density at radius 3 is 2.53 bits per heavy atom. The molecule has 0 bridgehead atoms. The maximum Gasteiger partial charge on any atom is 0.0833 e. The lowest BCUT2D eigenvalue weighted by atomic mass is 10.0. The largest absolute Gasteiger partial charge is 0.390 e. The summed E-state index contributed by atoms with van der Waals surface area (Å²) in [6.45, 7) is 1.90. The Hall–Kier alpha value is -0.860. The van der Waals surface area contributed by atoms with Crippen molar-refractivity contribution in [2.75, 3.05) is 0 Å². The molecule has 1 aromatic carbocycles. The molecule has 4 unspecified atom stereocenters. The third-order valence-electron chi connectivity index (χ3n) is 3.32. The van der Waals surface area contributed by atoms with Crippen molar-refractivity contribution in [2.24, 2.45) is 5.92 Å². The predicted molar refractivity (Wildman–Crippen MR) is 59.6 cm³/mol. The highest BCUT2D eigenvalue weighted by Gasteiger charge is 2.45. The smallest absolute Gasteiger partial charge is 0.0833 e. The van der Waals surface area contributed by atoms with Gasteiger partial charge in [0.1, 0.15) is 0 Å². The monoisotopic (exact) mass is 206 g/mol. The predicted octanol–water partition coefficient (Wildman–Crippen LogP) is 1.92. The average molecular weight is 206 g/mol. The van der Waals surface area contributed by atoms with Crippen molar-refractivity contribution in [3.63, 3.8) is 0 Å². The molecule has 2 heteroatoms. The zero-order valence-corrected chi connectivity index (χ0v) is 9.00. The van der Waals surface area contributed by atoms with Crippen LogP contribution in [0.3, 0.4) is 0 Å². The maximum atomic E-state index is 9.84. The number of hydrogen-bond donors (Lipinski definition) is 2. The summed E-state index contributed by atoms with van der Waals surface area (Å²) >= 11 is 0. The van der Waals surface area contributed by atoms with Crippen LogP contribution >= 0.6 is 0 Å². The zero-order chi connectivity index (χ0) is 10.8. The van der Waals surface area contributed by atoms with Gasteiger partial charge in [-0.1, -0.05) is 37.3 Å². The molecule has 2 N–H and O–H groups in total. The minimum absolute atomic E-state index is 0.252. The van der Waals surface area contributed by atoms with Crippen LogP contribution in [0.4, 0.5) is 0 Å². The van der Waals surface area contributed by atoms with Crippen LogP contribution < -0.4 is 0 Å². The lowest BCUT2D eigenvalue weighted by molar-refractivity contribution is 0.00320. The van der Waals surface area contributed by atoms with Crippen LogP contribution in [0.25, 0.3) is 0 Å². The Morgan fingerprint density at radius 1 is 1.27 bits per heavy atom. The first-order chi connectivity index (χ1) is 7.24. The molecule has 0 aromatic heterocycles. The Balaban J connectivity index is 1.96. The summed E-state index contributed by atoms with van der Waals surface area (Å²) in [4.78, 5) is 0. The van der Waals surface area contributed by atoms with Crippen LogP contribution in [0.2, 0.25) is 0 Å². The molecular weight excluding hydrogens is 188 g/mol. The molecule has 1 saturated carbocycles. The van der Waals surface area contributed by atoms with Crippen molar-refractivity contribution in [3.8, 4) is 0 Å². The van der Waals surface area contributed by atoms with Crippen molar-refractivity contribution in [3.05, 3.63) is 35.9 Å². The molecule has 4 atom stereocenters. The van der Waals surface area contributed by atoms with E-state index in [0.29, 0.717) is 12.3 Å². The summed E-state index contributed by atoms with van der Waals surface area (Å²) in [6.07, 6.45) is 0.505. The summed E-state index contributed by atoms with van der Waals surface area (Å²) in [7, 11) is 0. The number of aliphatic hydroxyl groups excluding tert-OH is 2. The Bertz CT molecular complexity index is 310. The molecule has 1 aliphatic rings. The van der Waals surface area contributed by atoms with Crippen LogP contribution in [0.1, 0.15) is 31.2 Å². The lowest BCUT2D eigenvalue weighted by Crippen LogP contribution is -2.27. The summed E-state index contributed by atoms with van der Waals surface area (Å²) in [6, 6.07) is 10.2. The first-order valence-electron chi connectivity index (χ1n) is 5.65. The minimum atomic E-state index is -0.566. The van der Waals surface area contributed by atoms with E-state index in [1.165, 1.54) is 5.56 Å². The van der Waals surface area contributed by atoms with Crippen LogP contribution in [0.5, 0.6) is 0 Å². The summed E-state index contributed by atoms with van der Waals surface area (Å²) in [5, 5.41) is 19.4. The fraction of sp³-hybridized carbons (Fsp3) is 0.538. The Kier molecular flexibility index (Phi) is 3.08. The van der Waals surface area contributed by atoms with Gasteiger partial charge in [-0.3, -0.25) is 0 Å². The second-order valence-corrected chi connectivity index (χ2v) is 4.38. The molecule has 0 saturated heterocycles.